The minimum absolute atomic E-state index is 0.0770. The van der Waals surface area contributed by atoms with Crippen molar-refractivity contribution < 1.29 is 19.1 Å². The third kappa shape index (κ3) is 5.74. The number of hydrogen-bond donors (Lipinski definition) is 0. The van der Waals surface area contributed by atoms with E-state index in [0.717, 1.165) is 16.7 Å². The highest BCUT2D eigenvalue weighted by molar-refractivity contribution is 6.57. The van der Waals surface area contributed by atoms with Gasteiger partial charge in [-0.15, -0.1) is 0 Å². The summed E-state index contributed by atoms with van der Waals surface area (Å²) in [4.78, 5) is 16.8. The second kappa shape index (κ2) is 10.00. The molecule has 0 N–H and O–H groups in total. The van der Waals surface area contributed by atoms with Crippen LogP contribution in [-0.4, -0.2) is 25.9 Å². The summed E-state index contributed by atoms with van der Waals surface area (Å²) in [7, 11) is 2.66. The molecule has 5 nitrogen and oxygen atoms in total. The van der Waals surface area contributed by atoms with Crippen LogP contribution in [0.1, 0.15) is 22.3 Å². The summed E-state index contributed by atoms with van der Waals surface area (Å²) >= 11 is 11.4. The lowest BCUT2D eigenvalue weighted by molar-refractivity contribution is -0.132. The summed E-state index contributed by atoms with van der Waals surface area (Å²) in [6.45, 7) is 2.16. The van der Waals surface area contributed by atoms with E-state index in [0.29, 0.717) is 11.3 Å². The van der Waals surface area contributed by atoms with E-state index in [2.05, 4.69) is 5.16 Å². The molecule has 142 valence electrons. The number of carbonyl (C=O) groups is 1. The van der Waals surface area contributed by atoms with E-state index in [1.807, 2.05) is 37.3 Å². The second-order valence-corrected chi connectivity index (χ2v) is 6.53. The topological polar surface area (TPSA) is 57.1 Å². The zero-order valence-electron chi connectivity index (χ0n) is 15.2. The fraction of sp³-hybridized carbons (Fsp3) is 0.200. The largest absolute Gasteiger partial charge is 0.489 e. The van der Waals surface area contributed by atoms with Crippen molar-refractivity contribution in [2.75, 3.05) is 14.2 Å². The molecule has 0 bridgehead atoms. The minimum Gasteiger partial charge on any atom is -0.489 e. The molecule has 2 rings (SSSR count). The van der Waals surface area contributed by atoms with Gasteiger partial charge in [0, 0.05) is 5.56 Å². The van der Waals surface area contributed by atoms with Crippen LogP contribution in [-0.2, 0) is 21.0 Å². The van der Waals surface area contributed by atoms with Crippen LogP contribution in [0.4, 0.5) is 0 Å². The van der Waals surface area contributed by atoms with Gasteiger partial charge in [0.2, 0.25) is 0 Å². The molecule has 0 saturated carbocycles. The maximum absolute atomic E-state index is 12.0. The molecule has 0 aliphatic heterocycles. The van der Waals surface area contributed by atoms with E-state index in [9.17, 15) is 4.79 Å². The zero-order valence-corrected chi connectivity index (χ0v) is 16.7. The molecule has 0 aliphatic rings. The quantitative estimate of drug-likeness (QED) is 0.373. The van der Waals surface area contributed by atoms with Gasteiger partial charge < -0.3 is 14.3 Å². The van der Waals surface area contributed by atoms with Crippen LogP contribution in [0, 0.1) is 6.92 Å². The predicted octanol–water partition coefficient (Wildman–Crippen LogP) is 4.87. The van der Waals surface area contributed by atoms with E-state index in [-0.39, 0.29) is 16.8 Å². The number of aryl methyl sites for hydroxylation is 1. The van der Waals surface area contributed by atoms with Gasteiger partial charge >= 0.3 is 5.97 Å². The highest BCUT2D eigenvalue weighted by atomic mass is 35.5. The SMILES string of the molecule is CO/N=C(\C(=O)OC)c1ccccc1COc1ccc(C=C(Cl)Cl)cc1C. The third-order valence-corrected chi connectivity index (χ3v) is 3.91. The number of halogens is 2. The second-order valence-electron chi connectivity index (χ2n) is 5.52. The van der Waals surface area contributed by atoms with Crippen molar-refractivity contribution in [2.45, 2.75) is 13.5 Å². The van der Waals surface area contributed by atoms with Crippen molar-refractivity contribution in [2.24, 2.45) is 5.16 Å². The van der Waals surface area contributed by atoms with Gasteiger partial charge in [-0.2, -0.15) is 0 Å². The van der Waals surface area contributed by atoms with Gasteiger partial charge in [-0.05, 0) is 41.8 Å². The van der Waals surface area contributed by atoms with Crippen LogP contribution in [0.2, 0.25) is 0 Å². The number of rotatable bonds is 7. The molecule has 0 aliphatic carbocycles. The summed E-state index contributed by atoms with van der Waals surface area (Å²) in [6, 6.07) is 12.9. The molecule has 0 radical (unpaired) electrons. The molecule has 2 aromatic rings. The van der Waals surface area contributed by atoms with Crippen LogP contribution in [0.25, 0.3) is 6.08 Å². The molecule has 2 aromatic carbocycles. The number of esters is 1. The highest BCUT2D eigenvalue weighted by Gasteiger charge is 2.19. The molecule has 0 saturated heterocycles. The van der Waals surface area contributed by atoms with E-state index in [1.165, 1.54) is 14.2 Å². The number of nitrogens with zero attached hydrogens (tertiary/aromatic N) is 1. The Morgan fingerprint density at radius 1 is 1.15 bits per heavy atom. The van der Waals surface area contributed by atoms with Gasteiger partial charge in [-0.25, -0.2) is 4.79 Å². The van der Waals surface area contributed by atoms with Crippen LogP contribution < -0.4 is 4.74 Å². The first kappa shape index (κ1) is 20.8. The Bertz CT molecular complexity index is 874. The molecule has 0 aromatic heterocycles. The summed E-state index contributed by atoms with van der Waals surface area (Å²) in [5.74, 6) is 0.116. The Morgan fingerprint density at radius 2 is 1.89 bits per heavy atom. The van der Waals surface area contributed by atoms with Crippen LogP contribution in [0.15, 0.2) is 52.1 Å². The third-order valence-electron chi connectivity index (χ3n) is 3.69. The summed E-state index contributed by atoms with van der Waals surface area (Å²) in [6.07, 6.45) is 1.65. The molecule has 0 spiro atoms. The predicted molar refractivity (Wildman–Crippen MR) is 107 cm³/mol. The normalized spacial score (nSPS) is 10.9. The first-order valence-corrected chi connectivity index (χ1v) is 8.75. The Kier molecular flexibility index (Phi) is 7.70. The van der Waals surface area contributed by atoms with Crippen molar-refractivity contribution in [3.63, 3.8) is 0 Å². The lowest BCUT2D eigenvalue weighted by Gasteiger charge is -2.13. The average molecular weight is 408 g/mol. The Balaban J connectivity index is 2.26. The maximum atomic E-state index is 12.0. The fourth-order valence-electron chi connectivity index (χ4n) is 2.47. The number of benzene rings is 2. The van der Waals surface area contributed by atoms with Crippen LogP contribution in [0.3, 0.4) is 0 Å². The first-order valence-electron chi connectivity index (χ1n) is 8.00. The van der Waals surface area contributed by atoms with Gasteiger partial charge in [0.25, 0.3) is 0 Å². The number of carbonyl (C=O) groups excluding carboxylic acids is 1. The summed E-state index contributed by atoms with van der Waals surface area (Å²) < 4.78 is 10.9. The number of methoxy groups -OCH3 is 1. The monoisotopic (exact) mass is 407 g/mol. The van der Waals surface area contributed by atoms with E-state index >= 15 is 0 Å². The Hall–Kier alpha value is -2.50. The smallest absolute Gasteiger partial charge is 0.360 e. The van der Waals surface area contributed by atoms with Crippen molar-refractivity contribution in [3.8, 4) is 5.75 Å². The fourth-order valence-corrected chi connectivity index (χ4v) is 2.72. The minimum atomic E-state index is -0.588. The van der Waals surface area contributed by atoms with Crippen molar-refractivity contribution >= 4 is 41.0 Å². The molecule has 0 atom stereocenters. The average Bonchev–Trinajstić information content (AvgIpc) is 2.65. The summed E-state index contributed by atoms with van der Waals surface area (Å²) in [5, 5.41) is 3.79. The molecule has 0 unspecified atom stereocenters. The van der Waals surface area contributed by atoms with Crippen molar-refractivity contribution in [1.82, 2.24) is 0 Å². The van der Waals surface area contributed by atoms with Gasteiger partial charge in [-0.3, -0.25) is 0 Å². The first-order chi connectivity index (χ1) is 13.0. The Morgan fingerprint density at radius 3 is 2.52 bits per heavy atom. The van der Waals surface area contributed by atoms with E-state index in [4.69, 9.17) is 37.5 Å². The number of hydrogen-bond acceptors (Lipinski definition) is 5. The summed E-state index contributed by atoms with van der Waals surface area (Å²) in [5.41, 5.74) is 3.23. The maximum Gasteiger partial charge on any atom is 0.360 e. The van der Waals surface area contributed by atoms with Gasteiger partial charge in [0.1, 0.15) is 24.0 Å². The lowest BCUT2D eigenvalue weighted by Crippen LogP contribution is -2.19. The van der Waals surface area contributed by atoms with Gasteiger partial charge in [0.05, 0.1) is 7.11 Å². The highest BCUT2D eigenvalue weighted by Crippen LogP contribution is 2.24. The van der Waals surface area contributed by atoms with Gasteiger partial charge in [-0.1, -0.05) is 58.7 Å². The van der Waals surface area contributed by atoms with Gasteiger partial charge in [0.15, 0.2) is 5.71 Å². The van der Waals surface area contributed by atoms with Crippen molar-refractivity contribution in [3.05, 3.63) is 69.2 Å². The molecule has 0 amide bonds. The molecule has 27 heavy (non-hydrogen) atoms. The number of ether oxygens (including phenoxy) is 2. The molecular formula is C20H19Cl2NO4. The zero-order chi connectivity index (χ0) is 19.8. The van der Waals surface area contributed by atoms with E-state index in [1.54, 1.807) is 18.2 Å². The molecule has 0 fully saturated rings. The molecule has 0 heterocycles. The lowest BCUT2D eigenvalue weighted by atomic mass is 10.0. The molecular weight excluding hydrogens is 389 g/mol. The van der Waals surface area contributed by atoms with E-state index < -0.39 is 5.97 Å². The van der Waals surface area contributed by atoms with Crippen LogP contribution in [0.5, 0.6) is 5.75 Å². The molecule has 7 heteroatoms. The van der Waals surface area contributed by atoms with Crippen molar-refractivity contribution in [1.29, 1.82) is 0 Å². The van der Waals surface area contributed by atoms with Crippen LogP contribution >= 0.6 is 23.2 Å². The Labute approximate surface area is 168 Å². The number of oxime groups is 1. The standard InChI is InChI=1S/C20H19Cl2NO4/c1-13-10-14(11-18(21)22)8-9-17(13)27-12-15-6-4-5-7-16(15)19(23-26-3)20(24)25-2/h4-11H,12H2,1-3H3/b23-19-.